The first kappa shape index (κ1) is 37.4. The highest BCUT2D eigenvalue weighted by Gasteiger charge is 2.20. The van der Waals surface area contributed by atoms with Crippen LogP contribution in [0.3, 0.4) is 0 Å². The van der Waals surface area contributed by atoms with Gasteiger partial charge in [-0.15, -0.1) is 0 Å². The summed E-state index contributed by atoms with van der Waals surface area (Å²) in [6.45, 7) is 2.91. The second kappa shape index (κ2) is 24.2. The molecule has 0 aliphatic carbocycles. The van der Waals surface area contributed by atoms with Crippen LogP contribution in [0.5, 0.6) is 0 Å². The van der Waals surface area contributed by atoms with Crippen molar-refractivity contribution in [2.75, 3.05) is 45.8 Å². The summed E-state index contributed by atoms with van der Waals surface area (Å²) in [5.41, 5.74) is 1.91. The number of hydrogen-bond donors (Lipinski definition) is 10. The third-order valence-electron chi connectivity index (χ3n) is 5.42. The van der Waals surface area contributed by atoms with Crippen molar-refractivity contribution in [1.29, 1.82) is 0 Å². The van der Waals surface area contributed by atoms with Gasteiger partial charge >= 0.3 is 29.8 Å². The van der Waals surface area contributed by atoms with Gasteiger partial charge in [0.05, 0.1) is 26.2 Å². The van der Waals surface area contributed by atoms with Crippen LogP contribution in [-0.4, -0.2) is 107 Å². The summed E-state index contributed by atoms with van der Waals surface area (Å²) in [6, 6.07) is 7.21. The number of carboxylic acids is 5. The van der Waals surface area contributed by atoms with Crippen molar-refractivity contribution in [3.8, 4) is 0 Å². The van der Waals surface area contributed by atoms with E-state index < -0.39 is 29.8 Å². The Bertz CT molecular complexity index is 867. The van der Waals surface area contributed by atoms with E-state index in [4.69, 9.17) is 25.5 Å². The lowest BCUT2D eigenvalue weighted by Gasteiger charge is -2.10. The Labute approximate surface area is 238 Å². The van der Waals surface area contributed by atoms with Gasteiger partial charge in [0.15, 0.2) is 0 Å². The average molecular weight is 586 g/mol. The number of aliphatic carboxylic acids is 5. The van der Waals surface area contributed by atoms with E-state index in [1.165, 1.54) is 0 Å². The molecular formula is C26H43N5O10. The SMILES string of the molecule is O=C(O)C1CCCN1.O=C(O)CNCCCCCNCC(=O)O.O=C(O)CNCc1ccccc1CNCC(=O)O. The molecule has 1 aliphatic rings. The fourth-order valence-corrected chi connectivity index (χ4v) is 3.47. The van der Waals surface area contributed by atoms with Crippen LogP contribution < -0.4 is 26.6 Å². The number of carbonyl (C=O) groups is 5. The Hall–Kier alpha value is -3.63. The van der Waals surface area contributed by atoms with Crippen molar-refractivity contribution in [2.24, 2.45) is 0 Å². The van der Waals surface area contributed by atoms with Crippen LogP contribution in [0.25, 0.3) is 0 Å². The van der Waals surface area contributed by atoms with Crippen molar-refractivity contribution < 1.29 is 49.5 Å². The van der Waals surface area contributed by atoms with E-state index in [-0.39, 0.29) is 32.2 Å². The largest absolute Gasteiger partial charge is 0.480 e. The highest BCUT2D eigenvalue weighted by Crippen LogP contribution is 2.08. The van der Waals surface area contributed by atoms with Crippen molar-refractivity contribution in [3.63, 3.8) is 0 Å². The van der Waals surface area contributed by atoms with E-state index in [0.717, 1.165) is 49.8 Å². The van der Waals surface area contributed by atoms with Crippen molar-refractivity contribution >= 4 is 29.8 Å². The molecule has 0 radical (unpaired) electrons. The van der Waals surface area contributed by atoms with Crippen molar-refractivity contribution in [3.05, 3.63) is 35.4 Å². The number of carboxylic acid groups (broad SMARTS) is 5. The van der Waals surface area contributed by atoms with Crippen LogP contribution in [0.1, 0.15) is 43.2 Å². The van der Waals surface area contributed by atoms with E-state index >= 15 is 0 Å². The summed E-state index contributed by atoms with van der Waals surface area (Å²) < 4.78 is 0. The Kier molecular flexibility index (Phi) is 22.0. The molecule has 0 bridgehead atoms. The number of unbranched alkanes of at least 4 members (excludes halogenated alkanes) is 2. The monoisotopic (exact) mass is 585 g/mol. The number of hydrogen-bond acceptors (Lipinski definition) is 10. The molecule has 10 N–H and O–H groups in total. The topological polar surface area (TPSA) is 247 Å². The van der Waals surface area contributed by atoms with Crippen LogP contribution >= 0.6 is 0 Å². The first-order valence-electron chi connectivity index (χ1n) is 13.3. The van der Waals surface area contributed by atoms with Gasteiger partial charge < -0.3 is 52.1 Å². The van der Waals surface area contributed by atoms with Crippen LogP contribution in [0.2, 0.25) is 0 Å². The van der Waals surface area contributed by atoms with Gasteiger partial charge in [-0.2, -0.15) is 0 Å². The first-order valence-corrected chi connectivity index (χ1v) is 13.3. The highest BCUT2D eigenvalue weighted by molar-refractivity contribution is 5.73. The van der Waals surface area contributed by atoms with Crippen LogP contribution in [0.15, 0.2) is 24.3 Å². The smallest absolute Gasteiger partial charge is 0.320 e. The predicted octanol–water partition coefficient (Wildman–Crippen LogP) is -0.637. The van der Waals surface area contributed by atoms with Crippen molar-refractivity contribution in [1.82, 2.24) is 26.6 Å². The summed E-state index contributed by atoms with van der Waals surface area (Å²) in [5.74, 6) is -4.23. The quantitative estimate of drug-likeness (QED) is 0.0907. The standard InChI is InChI=1S/C12H16N2O4.C9H18N2O4.C5H9NO2/c15-11(16)7-13-5-9-3-1-2-4-10(9)6-14-8-12(17)18;12-8(13)6-10-4-2-1-3-5-11-7-9(14)15;7-5(8)4-2-1-3-6-4/h1-4,13-14H,5-8H2,(H,15,16)(H,17,18);10-11H,1-7H2,(H,12,13)(H,14,15);4,6H,1-3H2,(H,7,8). The molecule has 2 rings (SSSR count). The Balaban J connectivity index is 0.000000625. The third kappa shape index (κ3) is 23.9. The molecular weight excluding hydrogens is 542 g/mol. The summed E-state index contributed by atoms with van der Waals surface area (Å²) in [4.78, 5) is 51.1. The molecule has 0 saturated carbocycles. The molecule has 1 heterocycles. The molecule has 0 aromatic heterocycles. The van der Waals surface area contributed by atoms with E-state index in [2.05, 4.69) is 26.6 Å². The molecule has 0 amide bonds. The lowest BCUT2D eigenvalue weighted by Crippen LogP contribution is -2.29. The molecule has 1 unspecified atom stereocenters. The van der Waals surface area contributed by atoms with Gasteiger partial charge in [-0.25, -0.2) is 0 Å². The van der Waals surface area contributed by atoms with Crippen molar-refractivity contribution in [2.45, 2.75) is 51.2 Å². The fourth-order valence-electron chi connectivity index (χ4n) is 3.47. The van der Waals surface area contributed by atoms with Gasteiger partial charge in [-0.3, -0.25) is 24.0 Å². The maximum absolute atomic E-state index is 10.4. The molecule has 1 aromatic carbocycles. The molecule has 1 saturated heterocycles. The zero-order chi connectivity index (χ0) is 30.9. The molecule has 1 aliphatic heterocycles. The summed E-state index contributed by atoms with van der Waals surface area (Å²) in [7, 11) is 0. The molecule has 232 valence electrons. The molecule has 1 atom stereocenters. The zero-order valence-corrected chi connectivity index (χ0v) is 23.1. The first-order chi connectivity index (χ1) is 19.5. The molecule has 15 nitrogen and oxygen atoms in total. The lowest BCUT2D eigenvalue weighted by atomic mass is 10.1. The minimum absolute atomic E-state index is 0.00271. The third-order valence-corrected chi connectivity index (χ3v) is 5.42. The summed E-state index contributed by atoms with van der Waals surface area (Å²) in [5, 5.41) is 56.0. The number of rotatable bonds is 19. The average Bonchev–Trinajstić information content (AvgIpc) is 3.44. The van der Waals surface area contributed by atoms with Gasteiger partial charge in [0.25, 0.3) is 0 Å². The second-order valence-corrected chi connectivity index (χ2v) is 8.95. The van der Waals surface area contributed by atoms with Gasteiger partial charge in [-0.05, 0) is 56.4 Å². The van der Waals surface area contributed by atoms with E-state index in [9.17, 15) is 24.0 Å². The maximum atomic E-state index is 10.4. The second-order valence-electron chi connectivity index (χ2n) is 8.95. The minimum atomic E-state index is -0.906. The van der Waals surface area contributed by atoms with Crippen LogP contribution in [0, 0.1) is 0 Å². The lowest BCUT2D eigenvalue weighted by molar-refractivity contribution is -0.139. The Morgan fingerprint density at radius 1 is 0.659 bits per heavy atom. The van der Waals surface area contributed by atoms with Gasteiger partial charge in [0.1, 0.15) is 6.04 Å². The minimum Gasteiger partial charge on any atom is -0.480 e. The molecule has 41 heavy (non-hydrogen) atoms. The normalized spacial score (nSPS) is 13.7. The summed E-state index contributed by atoms with van der Waals surface area (Å²) in [6.07, 6.45) is 4.55. The maximum Gasteiger partial charge on any atom is 0.320 e. The zero-order valence-electron chi connectivity index (χ0n) is 23.1. The van der Waals surface area contributed by atoms with Crippen LogP contribution in [-0.2, 0) is 37.1 Å². The molecule has 1 aromatic rings. The fraction of sp³-hybridized carbons (Fsp3) is 0.577. The molecule has 1 fully saturated rings. The summed E-state index contributed by atoms with van der Waals surface area (Å²) >= 11 is 0. The Morgan fingerprint density at radius 3 is 1.39 bits per heavy atom. The molecule has 0 spiro atoms. The van der Waals surface area contributed by atoms with E-state index in [1.54, 1.807) is 0 Å². The molecule has 15 heteroatoms. The van der Waals surface area contributed by atoms with Crippen LogP contribution in [0.4, 0.5) is 0 Å². The Morgan fingerprint density at radius 2 is 1.07 bits per heavy atom. The van der Waals surface area contributed by atoms with E-state index in [0.29, 0.717) is 26.2 Å². The van der Waals surface area contributed by atoms with E-state index in [1.807, 2.05) is 24.3 Å². The number of benzene rings is 1. The van der Waals surface area contributed by atoms with Gasteiger partial charge in [-0.1, -0.05) is 30.7 Å². The van der Waals surface area contributed by atoms with Gasteiger partial charge in [0, 0.05) is 13.1 Å². The predicted molar refractivity (Wildman–Crippen MR) is 149 cm³/mol. The highest BCUT2D eigenvalue weighted by atomic mass is 16.4. The number of nitrogens with one attached hydrogen (secondary N) is 5. The van der Waals surface area contributed by atoms with Gasteiger partial charge in [0.2, 0.25) is 0 Å².